The predicted octanol–water partition coefficient (Wildman–Crippen LogP) is 31.2. The van der Waals surface area contributed by atoms with Crippen LogP contribution in [0.2, 0.25) is 25.1 Å². The molecule has 8 aromatic carbocycles. The van der Waals surface area contributed by atoms with Crippen LogP contribution in [0.5, 0.6) is 0 Å². The molecule has 570 valence electrons. The first-order valence-corrected chi connectivity index (χ1v) is 36.3. The molecule has 0 radical (unpaired) electrons. The monoisotopic (exact) mass is 1520 g/mol. The van der Waals surface area contributed by atoms with Gasteiger partial charge in [-0.1, -0.05) is 240 Å². The van der Waals surface area contributed by atoms with Crippen LogP contribution >= 0.6 is 58.0 Å². The lowest BCUT2D eigenvalue weighted by molar-refractivity contribution is 0.413. The summed E-state index contributed by atoms with van der Waals surface area (Å²) in [5.41, 5.74) is 12.7. The topological polar surface area (TPSA) is 0 Å². The Bertz CT molecular complexity index is 3360. The van der Waals surface area contributed by atoms with E-state index in [1.807, 2.05) is 82.3 Å². The van der Waals surface area contributed by atoms with E-state index in [4.69, 9.17) is 58.0 Å². The summed E-state index contributed by atoms with van der Waals surface area (Å²) in [5.74, 6) is -2.30. The molecule has 0 aromatic heterocycles. The van der Waals surface area contributed by atoms with Crippen molar-refractivity contribution in [2.24, 2.45) is 47.3 Å². The Balaban J connectivity index is -0.00000110. The fourth-order valence-electron chi connectivity index (χ4n) is 10.5. The SMILES string of the molecule is C.C.C.CC(C)Cc1ccc(Cl)cc1.CC(C)Cc1ccc(F)cc1.Cc1c(F)c(F)c(F)c(CC(C)C)c1F.Cc1cc(CC(C)C)ccc1Cl.Cc1cc(Cl)cc(CC(C)C)c1.Cc1cc(Cl)cc(Cl)c1CC(C)C.Cc1cc(F)cc(CC(C)C)c1.Cc1cc(F)cc(F)c1CC(C)C. The second-order valence-corrected chi connectivity index (χ2v) is 31.2. The molecule has 0 saturated carbocycles. The van der Waals surface area contributed by atoms with Crippen molar-refractivity contribution in [1.82, 2.24) is 0 Å². The predicted molar refractivity (Wildman–Crippen MR) is 433 cm³/mol. The van der Waals surface area contributed by atoms with Gasteiger partial charge in [-0.3, -0.25) is 0 Å². The van der Waals surface area contributed by atoms with Crippen LogP contribution in [0.4, 0.5) is 35.1 Å². The number of rotatable bonds is 16. The fraction of sp³-hybridized carbons (Fsp3) is 0.461. The third-order valence-electron chi connectivity index (χ3n) is 14.6. The lowest BCUT2D eigenvalue weighted by Crippen LogP contribution is -2.08. The average Bonchev–Trinajstić information content (AvgIpc) is 0.800. The largest absolute Gasteiger partial charge is 0.207 e. The van der Waals surface area contributed by atoms with Crippen molar-refractivity contribution in [1.29, 1.82) is 0 Å². The molecule has 0 atom stereocenters. The molecule has 8 rings (SSSR count). The van der Waals surface area contributed by atoms with Crippen LogP contribution in [-0.2, 0) is 51.4 Å². The lowest BCUT2D eigenvalue weighted by Gasteiger charge is -2.11. The Morgan fingerprint density at radius 2 is 0.627 bits per heavy atom. The van der Waals surface area contributed by atoms with E-state index in [-0.39, 0.29) is 51.8 Å². The minimum Gasteiger partial charge on any atom is -0.207 e. The molecule has 0 aliphatic heterocycles. The molecular formula is C89H123Cl5F8. The van der Waals surface area contributed by atoms with Crippen molar-refractivity contribution < 1.29 is 35.1 Å². The zero-order valence-corrected chi connectivity index (χ0v) is 66.6. The molecule has 0 spiro atoms. The highest BCUT2D eigenvalue weighted by molar-refractivity contribution is 6.35. The number of halogens is 13. The molecule has 0 unspecified atom stereocenters. The van der Waals surface area contributed by atoms with Crippen LogP contribution in [0.1, 0.15) is 211 Å². The van der Waals surface area contributed by atoms with Gasteiger partial charge in [0, 0.05) is 42.3 Å². The Morgan fingerprint density at radius 1 is 0.255 bits per heavy atom. The Hall–Kier alpha value is -5.35. The summed E-state index contributed by atoms with van der Waals surface area (Å²) in [5, 5.41) is 4.04. The van der Waals surface area contributed by atoms with Crippen LogP contribution in [0.3, 0.4) is 0 Å². The summed E-state index contributed by atoms with van der Waals surface area (Å²) in [6.45, 7) is 44.7. The van der Waals surface area contributed by atoms with Gasteiger partial charge in [-0.25, -0.2) is 35.1 Å². The van der Waals surface area contributed by atoms with E-state index in [1.165, 1.54) is 62.7 Å². The highest BCUT2D eigenvalue weighted by atomic mass is 35.5. The molecule has 0 fully saturated rings. The second-order valence-electron chi connectivity index (χ2n) is 29.1. The molecule has 8 aromatic rings. The number of benzene rings is 8. The van der Waals surface area contributed by atoms with Crippen molar-refractivity contribution in [2.75, 3.05) is 0 Å². The van der Waals surface area contributed by atoms with E-state index >= 15 is 0 Å². The summed E-state index contributed by atoms with van der Waals surface area (Å²) in [7, 11) is 0. The molecule has 102 heavy (non-hydrogen) atoms. The lowest BCUT2D eigenvalue weighted by atomic mass is 9.98. The van der Waals surface area contributed by atoms with Gasteiger partial charge in [-0.15, -0.1) is 0 Å². The van der Waals surface area contributed by atoms with Gasteiger partial charge < -0.3 is 0 Å². The van der Waals surface area contributed by atoms with Gasteiger partial charge in [0.2, 0.25) is 0 Å². The zero-order valence-electron chi connectivity index (χ0n) is 62.8. The normalized spacial score (nSPS) is 10.5. The van der Waals surface area contributed by atoms with Crippen molar-refractivity contribution in [3.05, 3.63) is 277 Å². The van der Waals surface area contributed by atoms with Gasteiger partial charge >= 0.3 is 0 Å². The van der Waals surface area contributed by atoms with E-state index in [1.54, 1.807) is 32.9 Å². The first kappa shape index (κ1) is 101. The molecule has 0 saturated heterocycles. The van der Waals surface area contributed by atoms with Crippen LogP contribution in [0.25, 0.3) is 0 Å². The highest BCUT2D eigenvalue weighted by Gasteiger charge is 2.23. The van der Waals surface area contributed by atoms with Crippen LogP contribution < -0.4 is 0 Å². The van der Waals surface area contributed by atoms with Gasteiger partial charge in [-0.2, -0.15) is 0 Å². The number of aryl methyl sites for hydroxylation is 5. The first-order valence-electron chi connectivity index (χ1n) is 34.4. The molecule has 0 aliphatic rings. The van der Waals surface area contributed by atoms with Crippen molar-refractivity contribution in [3.63, 3.8) is 0 Å². The fourth-order valence-corrected chi connectivity index (χ4v) is 11.7. The standard InChI is InChI=1S/C11H14Cl2.2C11H15Cl.C11H12F4.C11H14F2.C11H15F.C10H13Cl.C10H13F.3CH4/c1-7(2)4-10-8(3)5-9(12)6-11(10)13;1-8(2)4-10-5-9(3)6-11(12)7-10;1-8(2)6-10-4-5-11(12)9(3)7-10;1-5(2)4-7-8(12)6(3)9(13)11(15)10(7)14;1-7(2)4-10-8(3)5-9(12)6-11(10)13;1-8(2)4-10-5-9(3)6-11(12)7-10;2*1-8(2)7-9-3-5-10(11)6-4-9;;;/h5-7H,4H2,1-3H3;5-8H,4H2,1-3H3;4-5,7-8H,6H2,1-3H3;5H,4H2,1-3H3;5-7H,4H2,1-3H3;5-8H,4H2,1-3H3;2*3-6,8H,7H2,1-2H3;3*1H4. The van der Waals surface area contributed by atoms with Gasteiger partial charge in [0.25, 0.3) is 0 Å². The summed E-state index contributed by atoms with van der Waals surface area (Å²) >= 11 is 29.6. The molecule has 0 bridgehead atoms. The maximum atomic E-state index is 13.4. The van der Waals surface area contributed by atoms with E-state index in [0.29, 0.717) is 53.1 Å². The maximum absolute atomic E-state index is 13.4. The quantitative estimate of drug-likeness (QED) is 0.0514. The van der Waals surface area contributed by atoms with Gasteiger partial charge in [0.15, 0.2) is 17.5 Å². The molecule has 0 aliphatic carbocycles. The molecule has 0 nitrogen and oxygen atoms in total. The zero-order chi connectivity index (χ0) is 75.7. The molecule has 13 heteroatoms. The summed E-state index contributed by atoms with van der Waals surface area (Å²) in [6, 6.07) is 38.6. The van der Waals surface area contributed by atoms with Crippen molar-refractivity contribution >= 4 is 58.0 Å². The van der Waals surface area contributed by atoms with Crippen molar-refractivity contribution in [3.8, 4) is 0 Å². The summed E-state index contributed by atoms with van der Waals surface area (Å²) in [6.07, 6.45) is 7.10. The first-order chi connectivity index (χ1) is 46.0. The van der Waals surface area contributed by atoms with Gasteiger partial charge in [-0.05, 0) is 280 Å². The van der Waals surface area contributed by atoms with E-state index in [0.717, 1.165) is 93.7 Å². The smallest absolute Gasteiger partial charge is 0.195 e. The molecule has 0 amide bonds. The Morgan fingerprint density at radius 3 is 1.05 bits per heavy atom. The van der Waals surface area contributed by atoms with Crippen LogP contribution in [0, 0.1) is 135 Å². The highest BCUT2D eigenvalue weighted by Crippen LogP contribution is 2.29. The average molecular weight is 1520 g/mol. The second kappa shape index (κ2) is 51.8. The molecule has 0 heterocycles. The number of hydrogen-bond donors (Lipinski definition) is 0. The Kier molecular flexibility index (Phi) is 51.2. The maximum Gasteiger partial charge on any atom is 0.195 e. The Labute approximate surface area is 639 Å². The van der Waals surface area contributed by atoms with E-state index in [2.05, 4.69) is 133 Å². The van der Waals surface area contributed by atoms with E-state index < -0.39 is 40.5 Å². The molecular weight excluding hydrogens is 1400 g/mol. The third kappa shape index (κ3) is 42.6. The minimum atomic E-state index is -1.59. The van der Waals surface area contributed by atoms with E-state index in [9.17, 15) is 35.1 Å². The molecule has 0 N–H and O–H groups in total. The summed E-state index contributed by atoms with van der Waals surface area (Å²) < 4.78 is 104. The summed E-state index contributed by atoms with van der Waals surface area (Å²) in [4.78, 5) is 0. The number of hydrogen-bond acceptors (Lipinski definition) is 0. The van der Waals surface area contributed by atoms with Gasteiger partial charge in [0.05, 0.1) is 0 Å². The third-order valence-corrected chi connectivity index (χ3v) is 16.1. The van der Waals surface area contributed by atoms with Gasteiger partial charge in [0.1, 0.15) is 29.1 Å². The van der Waals surface area contributed by atoms with Crippen molar-refractivity contribution in [2.45, 2.75) is 226 Å². The van der Waals surface area contributed by atoms with Crippen LogP contribution in [0.15, 0.2) is 127 Å². The van der Waals surface area contributed by atoms with Crippen LogP contribution in [-0.4, -0.2) is 0 Å². The minimum absolute atomic E-state index is 0.